The van der Waals surface area contributed by atoms with Gasteiger partial charge in [-0.2, -0.15) is 5.21 Å². The van der Waals surface area contributed by atoms with Crippen molar-refractivity contribution in [2.75, 3.05) is 5.32 Å². The van der Waals surface area contributed by atoms with Crippen LogP contribution in [0.25, 0.3) is 11.4 Å². The Morgan fingerprint density at radius 3 is 2.55 bits per heavy atom. The highest BCUT2D eigenvalue weighted by Crippen LogP contribution is 2.22. The maximum absolute atomic E-state index is 12.0. The highest BCUT2D eigenvalue weighted by atomic mass is 16.5. The molecule has 1 aliphatic heterocycles. The van der Waals surface area contributed by atoms with Crippen molar-refractivity contribution in [1.82, 2.24) is 20.6 Å². The van der Waals surface area contributed by atoms with Gasteiger partial charge in [-0.25, -0.2) is 4.79 Å². The van der Waals surface area contributed by atoms with Crippen molar-refractivity contribution in [1.29, 1.82) is 0 Å². The van der Waals surface area contributed by atoms with E-state index in [0.717, 1.165) is 5.56 Å². The van der Waals surface area contributed by atoms with Gasteiger partial charge in [0.25, 0.3) is 5.91 Å². The van der Waals surface area contributed by atoms with Crippen molar-refractivity contribution in [3.05, 3.63) is 24.3 Å². The molecule has 0 bridgehead atoms. The van der Waals surface area contributed by atoms with E-state index in [1.807, 2.05) is 0 Å². The number of carboxylic acids is 1. The molecule has 0 spiro atoms. The Morgan fingerprint density at radius 1 is 1.23 bits per heavy atom. The molecule has 0 radical (unpaired) electrons. The zero-order valence-corrected chi connectivity index (χ0v) is 11.4. The van der Waals surface area contributed by atoms with Crippen molar-refractivity contribution in [3.8, 4) is 11.4 Å². The highest BCUT2D eigenvalue weighted by Gasteiger charge is 2.34. The summed E-state index contributed by atoms with van der Waals surface area (Å²) in [5, 5.41) is 25.1. The summed E-state index contributed by atoms with van der Waals surface area (Å²) in [6, 6.07) is 6.90. The van der Waals surface area contributed by atoms with Crippen LogP contribution in [0.3, 0.4) is 0 Å². The molecule has 2 atom stereocenters. The second-order valence-corrected chi connectivity index (χ2v) is 4.83. The van der Waals surface area contributed by atoms with Crippen LogP contribution in [0.1, 0.15) is 12.8 Å². The summed E-state index contributed by atoms with van der Waals surface area (Å²) in [5.74, 6) is -0.933. The molecule has 9 nitrogen and oxygen atoms in total. The van der Waals surface area contributed by atoms with E-state index < -0.39 is 18.2 Å². The van der Waals surface area contributed by atoms with Gasteiger partial charge in [0.05, 0.1) is 0 Å². The Bertz CT molecular complexity index is 670. The Morgan fingerprint density at radius 2 is 1.95 bits per heavy atom. The second kappa shape index (κ2) is 5.90. The van der Waals surface area contributed by atoms with Crippen LogP contribution in [0.2, 0.25) is 0 Å². The first kappa shape index (κ1) is 14.1. The zero-order chi connectivity index (χ0) is 15.5. The highest BCUT2D eigenvalue weighted by molar-refractivity contribution is 5.94. The quantitative estimate of drug-likeness (QED) is 0.746. The number of rotatable bonds is 4. The number of ether oxygens (including phenoxy) is 1. The largest absolute Gasteiger partial charge is 0.479 e. The summed E-state index contributed by atoms with van der Waals surface area (Å²) in [6.07, 6.45) is -0.914. The first-order valence-corrected chi connectivity index (χ1v) is 6.66. The van der Waals surface area contributed by atoms with E-state index in [9.17, 15) is 9.59 Å². The first-order chi connectivity index (χ1) is 10.6. The van der Waals surface area contributed by atoms with Crippen LogP contribution in [0.15, 0.2) is 24.3 Å². The summed E-state index contributed by atoms with van der Waals surface area (Å²) in [7, 11) is 0. The van der Waals surface area contributed by atoms with E-state index in [-0.39, 0.29) is 5.91 Å². The molecule has 9 heteroatoms. The number of nitrogens with one attached hydrogen (secondary N) is 2. The number of carboxylic acid groups (broad SMARTS) is 1. The van der Waals surface area contributed by atoms with E-state index in [1.165, 1.54) is 0 Å². The maximum atomic E-state index is 12.0. The molecule has 1 saturated heterocycles. The SMILES string of the molecule is O=C(Nc1ccc(-c2nn[nH]n2)cc1)[C@@H]1CC[C@H](C(=O)O)O1. The Kier molecular flexibility index (Phi) is 3.79. The third kappa shape index (κ3) is 2.93. The first-order valence-electron chi connectivity index (χ1n) is 6.66. The van der Waals surface area contributed by atoms with Crippen LogP contribution in [-0.2, 0) is 14.3 Å². The second-order valence-electron chi connectivity index (χ2n) is 4.83. The fourth-order valence-electron chi connectivity index (χ4n) is 2.22. The fraction of sp³-hybridized carbons (Fsp3) is 0.308. The van der Waals surface area contributed by atoms with E-state index in [2.05, 4.69) is 25.9 Å². The van der Waals surface area contributed by atoms with Gasteiger partial charge in [0.2, 0.25) is 5.82 Å². The van der Waals surface area contributed by atoms with Crippen LogP contribution in [0, 0.1) is 0 Å². The van der Waals surface area contributed by atoms with E-state index in [4.69, 9.17) is 9.84 Å². The molecule has 1 amide bonds. The van der Waals surface area contributed by atoms with Crippen LogP contribution < -0.4 is 5.32 Å². The number of aromatic nitrogens is 4. The number of aromatic amines is 1. The van der Waals surface area contributed by atoms with Crippen LogP contribution >= 0.6 is 0 Å². The Labute approximate surface area is 124 Å². The molecule has 0 unspecified atom stereocenters. The fourth-order valence-corrected chi connectivity index (χ4v) is 2.22. The molecule has 3 N–H and O–H groups in total. The van der Waals surface area contributed by atoms with Gasteiger partial charge in [-0.1, -0.05) is 0 Å². The minimum absolute atomic E-state index is 0.337. The number of carbonyl (C=O) groups is 2. The maximum Gasteiger partial charge on any atom is 0.332 e. The molecule has 2 aromatic rings. The van der Waals surface area contributed by atoms with Crippen molar-refractivity contribution in [2.24, 2.45) is 0 Å². The van der Waals surface area contributed by atoms with Gasteiger partial charge in [-0.05, 0) is 42.3 Å². The number of nitrogens with zero attached hydrogens (tertiary/aromatic N) is 3. The molecule has 0 aliphatic carbocycles. The van der Waals surface area contributed by atoms with Crippen LogP contribution in [0.4, 0.5) is 5.69 Å². The molecule has 1 fully saturated rings. The van der Waals surface area contributed by atoms with E-state index in [0.29, 0.717) is 24.4 Å². The molecule has 114 valence electrons. The molecular formula is C13H13N5O4. The third-order valence-corrected chi connectivity index (χ3v) is 3.34. The minimum Gasteiger partial charge on any atom is -0.479 e. The lowest BCUT2D eigenvalue weighted by molar-refractivity contribution is -0.150. The lowest BCUT2D eigenvalue weighted by Crippen LogP contribution is -2.29. The van der Waals surface area contributed by atoms with Gasteiger partial charge >= 0.3 is 5.97 Å². The van der Waals surface area contributed by atoms with E-state index in [1.54, 1.807) is 24.3 Å². The third-order valence-electron chi connectivity index (χ3n) is 3.34. The number of hydrogen-bond donors (Lipinski definition) is 3. The van der Waals surface area contributed by atoms with Crippen LogP contribution in [0.5, 0.6) is 0 Å². The molecular weight excluding hydrogens is 290 g/mol. The standard InChI is InChI=1S/C13H13N5O4/c19-12(9-5-6-10(22-9)13(20)21)14-8-3-1-7(2-4-8)11-15-17-18-16-11/h1-4,9-10H,5-6H2,(H,14,19)(H,20,21)(H,15,16,17,18)/t9-,10+/m0/s1. The number of anilines is 1. The lowest BCUT2D eigenvalue weighted by Gasteiger charge is -2.11. The average molecular weight is 303 g/mol. The van der Waals surface area contributed by atoms with Gasteiger partial charge in [0.15, 0.2) is 6.10 Å². The molecule has 1 aliphatic rings. The number of aliphatic carboxylic acids is 1. The van der Waals surface area contributed by atoms with Gasteiger partial charge in [-0.15, -0.1) is 10.2 Å². The number of carbonyl (C=O) groups excluding carboxylic acids is 1. The number of tetrazole rings is 1. The van der Waals surface area contributed by atoms with Crippen molar-refractivity contribution in [3.63, 3.8) is 0 Å². The molecule has 3 rings (SSSR count). The summed E-state index contributed by atoms with van der Waals surface area (Å²) in [5.41, 5.74) is 1.34. The summed E-state index contributed by atoms with van der Waals surface area (Å²) in [4.78, 5) is 22.8. The number of hydrogen-bond acceptors (Lipinski definition) is 6. The molecule has 2 heterocycles. The predicted molar refractivity (Wildman–Crippen MR) is 73.8 cm³/mol. The monoisotopic (exact) mass is 303 g/mol. The molecule has 0 saturated carbocycles. The van der Waals surface area contributed by atoms with Gasteiger partial charge in [-0.3, -0.25) is 4.79 Å². The summed E-state index contributed by atoms with van der Waals surface area (Å²) < 4.78 is 5.20. The molecule has 1 aromatic heterocycles. The number of H-pyrrole nitrogens is 1. The lowest BCUT2D eigenvalue weighted by atomic mass is 10.1. The summed E-state index contributed by atoms with van der Waals surface area (Å²) in [6.45, 7) is 0. The molecule has 22 heavy (non-hydrogen) atoms. The topological polar surface area (TPSA) is 130 Å². The van der Waals surface area contributed by atoms with E-state index >= 15 is 0 Å². The van der Waals surface area contributed by atoms with Crippen molar-refractivity contribution in [2.45, 2.75) is 25.0 Å². The predicted octanol–water partition coefficient (Wildman–Crippen LogP) is 0.437. The Balaban J connectivity index is 1.61. The van der Waals surface area contributed by atoms with Crippen molar-refractivity contribution < 1.29 is 19.4 Å². The zero-order valence-electron chi connectivity index (χ0n) is 11.4. The van der Waals surface area contributed by atoms with Gasteiger partial charge < -0.3 is 15.2 Å². The van der Waals surface area contributed by atoms with Gasteiger partial charge in [0.1, 0.15) is 6.10 Å². The van der Waals surface area contributed by atoms with Gasteiger partial charge in [0, 0.05) is 11.3 Å². The number of benzene rings is 1. The van der Waals surface area contributed by atoms with Crippen LogP contribution in [-0.4, -0.2) is 49.8 Å². The number of amides is 1. The Hall–Kier alpha value is -2.81. The summed E-state index contributed by atoms with van der Waals surface area (Å²) >= 11 is 0. The minimum atomic E-state index is -1.04. The molecule has 1 aromatic carbocycles. The average Bonchev–Trinajstić information content (AvgIpc) is 3.20. The van der Waals surface area contributed by atoms with Crippen molar-refractivity contribution >= 4 is 17.6 Å². The normalized spacial score (nSPS) is 20.7. The smallest absolute Gasteiger partial charge is 0.332 e.